The first kappa shape index (κ1) is 20.4. The van der Waals surface area contributed by atoms with Crippen molar-refractivity contribution in [2.45, 2.75) is 25.7 Å². The largest absolute Gasteiger partial charge is 0.387 e. The van der Waals surface area contributed by atoms with Crippen LogP contribution in [0.2, 0.25) is 0 Å². The Morgan fingerprint density at radius 3 is 2.46 bits per heavy atom. The first-order valence-corrected chi connectivity index (χ1v) is 10.3. The third-order valence-corrected chi connectivity index (χ3v) is 5.29. The Bertz CT molecular complexity index is 728. The van der Waals surface area contributed by atoms with Gasteiger partial charge in [-0.15, -0.1) is 0 Å². The van der Waals surface area contributed by atoms with Gasteiger partial charge in [-0.1, -0.05) is 36.8 Å². The third kappa shape index (κ3) is 6.36. The molecule has 2 N–H and O–H groups in total. The van der Waals surface area contributed by atoms with Gasteiger partial charge in [-0.3, -0.25) is 9.69 Å². The number of aliphatic hydroxyl groups excluding tert-OH is 1. The number of rotatable bonds is 9. The number of nitrogens with zero attached hydrogens (tertiary/aromatic N) is 2. The van der Waals surface area contributed by atoms with E-state index < -0.39 is 6.61 Å². The maximum Gasteiger partial charge on any atom is 0.250 e. The summed E-state index contributed by atoms with van der Waals surface area (Å²) in [5.74, 6) is -0.371. The van der Waals surface area contributed by atoms with Crippen LogP contribution in [-0.4, -0.2) is 55.2 Å². The maximum atomic E-state index is 11.3. The minimum absolute atomic E-state index is 0.371. The summed E-state index contributed by atoms with van der Waals surface area (Å²) in [6.07, 6.45) is 4.62. The minimum atomic E-state index is -0.482. The van der Waals surface area contributed by atoms with Crippen LogP contribution in [0.15, 0.2) is 54.6 Å². The summed E-state index contributed by atoms with van der Waals surface area (Å²) in [5, 5.41) is 11.5. The average molecular weight is 382 g/mol. The van der Waals surface area contributed by atoms with Crippen LogP contribution in [0, 0.1) is 0 Å². The van der Waals surface area contributed by atoms with Crippen LogP contribution in [0.3, 0.4) is 0 Å². The molecular weight excluding hydrogens is 350 g/mol. The highest BCUT2D eigenvalue weighted by molar-refractivity contribution is 5.91. The van der Waals surface area contributed by atoms with Crippen molar-refractivity contribution >= 4 is 17.3 Å². The van der Waals surface area contributed by atoms with Crippen molar-refractivity contribution in [3.05, 3.63) is 60.2 Å². The second-order valence-electron chi connectivity index (χ2n) is 7.38. The molecule has 0 bridgehead atoms. The van der Waals surface area contributed by atoms with E-state index in [9.17, 15) is 4.79 Å². The molecule has 0 saturated carbocycles. The van der Waals surface area contributed by atoms with E-state index in [2.05, 4.69) is 51.5 Å². The van der Waals surface area contributed by atoms with Gasteiger partial charge in [0, 0.05) is 37.6 Å². The number of para-hydroxylation sites is 1. The van der Waals surface area contributed by atoms with E-state index in [1.807, 2.05) is 18.2 Å². The van der Waals surface area contributed by atoms with E-state index in [1.54, 1.807) is 0 Å². The number of carbonyl (C=O) groups is 1. The van der Waals surface area contributed by atoms with Gasteiger partial charge in [0.15, 0.2) is 0 Å². The summed E-state index contributed by atoms with van der Waals surface area (Å²) < 4.78 is 0. The predicted octanol–water partition coefficient (Wildman–Crippen LogP) is 3.15. The molecule has 1 saturated heterocycles. The zero-order valence-corrected chi connectivity index (χ0v) is 16.5. The number of anilines is 2. The highest BCUT2D eigenvalue weighted by Crippen LogP contribution is 2.16. The molecule has 0 aromatic heterocycles. The van der Waals surface area contributed by atoms with Gasteiger partial charge in [-0.2, -0.15) is 0 Å². The van der Waals surface area contributed by atoms with Crippen molar-refractivity contribution in [3.63, 3.8) is 0 Å². The summed E-state index contributed by atoms with van der Waals surface area (Å²) in [5.41, 5.74) is 3.32. The number of hydrogen-bond acceptors (Lipinski definition) is 4. The molecule has 2 aromatic carbocycles. The Morgan fingerprint density at radius 1 is 0.929 bits per heavy atom. The molecule has 150 valence electrons. The molecule has 28 heavy (non-hydrogen) atoms. The summed E-state index contributed by atoms with van der Waals surface area (Å²) >= 11 is 0. The molecule has 1 heterocycles. The molecule has 0 atom stereocenters. The number of aryl methyl sites for hydroxylation is 1. The van der Waals surface area contributed by atoms with Crippen LogP contribution in [0.25, 0.3) is 0 Å². The first-order valence-electron chi connectivity index (χ1n) is 10.3. The minimum Gasteiger partial charge on any atom is -0.387 e. The number of nitrogens with one attached hydrogen (secondary N) is 1. The topological polar surface area (TPSA) is 55.8 Å². The van der Waals surface area contributed by atoms with Crippen LogP contribution in [0.1, 0.15) is 24.8 Å². The smallest absolute Gasteiger partial charge is 0.250 e. The lowest BCUT2D eigenvalue weighted by molar-refractivity contribution is -0.118. The predicted molar refractivity (Wildman–Crippen MR) is 115 cm³/mol. The van der Waals surface area contributed by atoms with Gasteiger partial charge < -0.3 is 15.3 Å². The Balaban J connectivity index is 1.30. The number of benzene rings is 2. The molecular formula is C23H31N3O2. The molecule has 1 aliphatic rings. The molecule has 1 fully saturated rings. The molecule has 2 aromatic rings. The zero-order chi connectivity index (χ0) is 19.6. The fourth-order valence-corrected chi connectivity index (χ4v) is 3.71. The molecule has 1 aliphatic heterocycles. The number of aliphatic hydroxyl groups is 1. The summed E-state index contributed by atoms with van der Waals surface area (Å²) in [4.78, 5) is 16.3. The molecule has 0 unspecified atom stereocenters. The molecule has 5 heteroatoms. The maximum absolute atomic E-state index is 11.3. The Labute approximate surface area is 168 Å². The molecule has 0 aliphatic carbocycles. The van der Waals surface area contributed by atoms with Crippen LogP contribution in [-0.2, 0) is 11.2 Å². The van der Waals surface area contributed by atoms with E-state index in [4.69, 9.17) is 5.11 Å². The standard InChI is InChI=1S/C23H31N3O2/c27-19-23(28)24-21-10-7-9-20(18-21)8-3-2-6-13-25-14-16-26(17-15-25)22-11-4-1-5-12-22/h1,4-5,7,9-12,18,27H,2-3,6,8,13-17,19H2,(H,24,28). The van der Waals surface area contributed by atoms with Crippen molar-refractivity contribution < 1.29 is 9.90 Å². The van der Waals surface area contributed by atoms with Gasteiger partial charge in [-0.05, 0) is 55.6 Å². The Kier molecular flexibility index (Phi) is 7.88. The quantitative estimate of drug-likeness (QED) is 0.655. The Hall–Kier alpha value is -2.37. The van der Waals surface area contributed by atoms with Gasteiger partial charge in [0.05, 0.1) is 0 Å². The normalized spacial score (nSPS) is 14.8. The monoisotopic (exact) mass is 381 g/mol. The zero-order valence-electron chi connectivity index (χ0n) is 16.5. The first-order chi connectivity index (χ1) is 13.7. The van der Waals surface area contributed by atoms with Crippen LogP contribution < -0.4 is 10.2 Å². The summed E-state index contributed by atoms with van der Waals surface area (Å²) in [6, 6.07) is 18.6. The number of unbranched alkanes of at least 4 members (excludes halogenated alkanes) is 2. The lowest BCUT2D eigenvalue weighted by Gasteiger charge is -2.36. The van der Waals surface area contributed by atoms with Crippen LogP contribution in [0.4, 0.5) is 11.4 Å². The number of hydrogen-bond donors (Lipinski definition) is 2. The average Bonchev–Trinajstić information content (AvgIpc) is 2.75. The second kappa shape index (κ2) is 10.8. The van der Waals surface area contributed by atoms with E-state index in [0.717, 1.165) is 44.7 Å². The van der Waals surface area contributed by atoms with Gasteiger partial charge in [0.1, 0.15) is 6.61 Å². The third-order valence-electron chi connectivity index (χ3n) is 5.29. The highest BCUT2D eigenvalue weighted by Gasteiger charge is 2.16. The number of carbonyl (C=O) groups excluding carboxylic acids is 1. The van der Waals surface area contributed by atoms with Gasteiger partial charge in [-0.25, -0.2) is 0 Å². The summed E-state index contributed by atoms with van der Waals surface area (Å²) in [6.45, 7) is 5.19. The van der Waals surface area contributed by atoms with E-state index >= 15 is 0 Å². The number of amides is 1. The van der Waals surface area contributed by atoms with Gasteiger partial charge >= 0.3 is 0 Å². The Morgan fingerprint density at radius 2 is 1.71 bits per heavy atom. The van der Waals surface area contributed by atoms with Crippen molar-refractivity contribution in [2.24, 2.45) is 0 Å². The van der Waals surface area contributed by atoms with Crippen molar-refractivity contribution in [1.82, 2.24) is 4.90 Å². The molecule has 0 spiro atoms. The lowest BCUT2D eigenvalue weighted by Crippen LogP contribution is -2.46. The van der Waals surface area contributed by atoms with E-state index in [1.165, 1.54) is 30.6 Å². The van der Waals surface area contributed by atoms with Crippen LogP contribution in [0.5, 0.6) is 0 Å². The van der Waals surface area contributed by atoms with Crippen molar-refractivity contribution in [2.75, 3.05) is 49.5 Å². The molecule has 3 rings (SSSR count). The molecule has 5 nitrogen and oxygen atoms in total. The van der Waals surface area contributed by atoms with Gasteiger partial charge in [0.25, 0.3) is 0 Å². The fraction of sp³-hybridized carbons (Fsp3) is 0.435. The SMILES string of the molecule is O=C(CO)Nc1cccc(CCCCCN2CCN(c3ccccc3)CC2)c1. The molecule has 1 amide bonds. The molecule has 0 radical (unpaired) electrons. The van der Waals surface area contributed by atoms with Crippen LogP contribution >= 0.6 is 0 Å². The lowest BCUT2D eigenvalue weighted by atomic mass is 10.1. The summed E-state index contributed by atoms with van der Waals surface area (Å²) in [7, 11) is 0. The number of piperazine rings is 1. The van der Waals surface area contributed by atoms with Crippen molar-refractivity contribution in [3.8, 4) is 0 Å². The van der Waals surface area contributed by atoms with E-state index in [0.29, 0.717) is 0 Å². The fourth-order valence-electron chi connectivity index (χ4n) is 3.71. The van der Waals surface area contributed by atoms with E-state index in [-0.39, 0.29) is 5.91 Å². The van der Waals surface area contributed by atoms with Crippen molar-refractivity contribution in [1.29, 1.82) is 0 Å². The highest BCUT2D eigenvalue weighted by atomic mass is 16.3. The van der Waals surface area contributed by atoms with Gasteiger partial charge in [0.2, 0.25) is 5.91 Å². The second-order valence-corrected chi connectivity index (χ2v) is 7.38.